The van der Waals surface area contributed by atoms with E-state index in [1.54, 1.807) is 30.6 Å². The molecule has 2 nitrogen and oxygen atoms in total. The standard InChI is InChI=1S/C13H14FNOS/c1-9-5-6-17-13(9)8-15-12-7-10(16-2)3-4-11(12)14/h3-7,15H,8H2,1-2H3. The first-order chi connectivity index (χ1) is 8.20. The van der Waals surface area contributed by atoms with Crippen LogP contribution < -0.4 is 10.1 Å². The molecule has 1 heterocycles. The van der Waals surface area contributed by atoms with Gasteiger partial charge in [-0.25, -0.2) is 4.39 Å². The Morgan fingerprint density at radius 2 is 2.18 bits per heavy atom. The molecule has 0 unspecified atom stereocenters. The molecule has 2 rings (SSSR count). The fourth-order valence-corrected chi connectivity index (χ4v) is 2.37. The largest absolute Gasteiger partial charge is 0.497 e. The van der Waals surface area contributed by atoms with Gasteiger partial charge in [-0.05, 0) is 36.1 Å². The van der Waals surface area contributed by atoms with E-state index in [0.717, 1.165) is 0 Å². The normalized spacial score (nSPS) is 10.3. The molecule has 0 aliphatic heterocycles. The molecule has 0 saturated carbocycles. The number of methoxy groups -OCH3 is 1. The average Bonchev–Trinajstić information content (AvgIpc) is 2.74. The number of aryl methyl sites for hydroxylation is 1. The van der Waals surface area contributed by atoms with Gasteiger partial charge in [-0.15, -0.1) is 11.3 Å². The van der Waals surface area contributed by atoms with Crippen LogP contribution in [-0.2, 0) is 6.54 Å². The summed E-state index contributed by atoms with van der Waals surface area (Å²) in [5, 5.41) is 5.12. The summed E-state index contributed by atoms with van der Waals surface area (Å²) in [6.45, 7) is 2.68. The summed E-state index contributed by atoms with van der Waals surface area (Å²) in [6, 6.07) is 6.74. The van der Waals surface area contributed by atoms with Crippen molar-refractivity contribution in [3.05, 3.63) is 45.9 Å². The Hall–Kier alpha value is -1.55. The summed E-state index contributed by atoms with van der Waals surface area (Å²) >= 11 is 1.67. The van der Waals surface area contributed by atoms with Crippen molar-refractivity contribution in [3.8, 4) is 5.75 Å². The van der Waals surface area contributed by atoms with Gasteiger partial charge in [0.05, 0.1) is 12.8 Å². The summed E-state index contributed by atoms with van der Waals surface area (Å²) in [7, 11) is 1.57. The molecule has 0 spiro atoms. The maximum Gasteiger partial charge on any atom is 0.146 e. The first kappa shape index (κ1) is 11.9. The molecule has 0 aliphatic carbocycles. The van der Waals surface area contributed by atoms with Crippen LogP contribution in [0, 0.1) is 12.7 Å². The minimum Gasteiger partial charge on any atom is -0.497 e. The number of benzene rings is 1. The second-order valence-corrected chi connectivity index (χ2v) is 4.73. The zero-order chi connectivity index (χ0) is 12.3. The van der Waals surface area contributed by atoms with Crippen molar-refractivity contribution in [1.82, 2.24) is 0 Å². The van der Waals surface area contributed by atoms with Gasteiger partial charge in [0, 0.05) is 17.5 Å². The van der Waals surface area contributed by atoms with Crippen molar-refractivity contribution in [2.24, 2.45) is 0 Å². The van der Waals surface area contributed by atoms with Gasteiger partial charge >= 0.3 is 0 Å². The van der Waals surface area contributed by atoms with E-state index in [1.165, 1.54) is 16.5 Å². The van der Waals surface area contributed by atoms with Gasteiger partial charge in [-0.3, -0.25) is 0 Å². The topological polar surface area (TPSA) is 21.3 Å². The molecule has 2 aromatic rings. The third-order valence-corrected chi connectivity index (χ3v) is 3.60. The van der Waals surface area contributed by atoms with Crippen LogP contribution in [0.5, 0.6) is 5.75 Å². The molecule has 0 fully saturated rings. The highest BCUT2D eigenvalue weighted by molar-refractivity contribution is 7.10. The number of nitrogens with one attached hydrogen (secondary N) is 1. The predicted molar refractivity (Wildman–Crippen MR) is 69.3 cm³/mol. The molecule has 0 aliphatic rings. The summed E-state index contributed by atoms with van der Waals surface area (Å²) < 4.78 is 18.6. The molecule has 17 heavy (non-hydrogen) atoms. The second kappa shape index (κ2) is 5.19. The monoisotopic (exact) mass is 251 g/mol. The molecule has 1 N–H and O–H groups in total. The van der Waals surface area contributed by atoms with Gasteiger partial charge in [0.1, 0.15) is 11.6 Å². The van der Waals surface area contributed by atoms with E-state index in [1.807, 2.05) is 5.38 Å². The number of hydrogen-bond acceptors (Lipinski definition) is 3. The number of thiophene rings is 1. The van der Waals surface area contributed by atoms with Crippen LogP contribution in [0.25, 0.3) is 0 Å². The van der Waals surface area contributed by atoms with E-state index in [2.05, 4.69) is 18.3 Å². The van der Waals surface area contributed by atoms with Crippen molar-refractivity contribution >= 4 is 17.0 Å². The van der Waals surface area contributed by atoms with E-state index < -0.39 is 0 Å². The third kappa shape index (κ3) is 2.77. The average molecular weight is 251 g/mol. The highest BCUT2D eigenvalue weighted by Crippen LogP contribution is 2.23. The van der Waals surface area contributed by atoms with Gasteiger partial charge in [0.15, 0.2) is 0 Å². The summed E-state index contributed by atoms with van der Waals surface area (Å²) in [4.78, 5) is 1.22. The van der Waals surface area contributed by atoms with Gasteiger partial charge < -0.3 is 10.1 Å². The first-order valence-corrected chi connectivity index (χ1v) is 6.19. The maximum absolute atomic E-state index is 13.5. The Morgan fingerprint density at radius 3 is 2.82 bits per heavy atom. The zero-order valence-corrected chi connectivity index (χ0v) is 10.6. The Kier molecular flexibility index (Phi) is 3.64. The van der Waals surface area contributed by atoms with Crippen molar-refractivity contribution in [2.45, 2.75) is 13.5 Å². The van der Waals surface area contributed by atoms with E-state index in [-0.39, 0.29) is 5.82 Å². The fourth-order valence-electron chi connectivity index (χ4n) is 1.53. The van der Waals surface area contributed by atoms with Gasteiger partial charge in [-0.2, -0.15) is 0 Å². The molecular formula is C13H14FNOS. The van der Waals surface area contributed by atoms with Crippen LogP contribution in [0.1, 0.15) is 10.4 Å². The lowest BCUT2D eigenvalue weighted by molar-refractivity contribution is 0.414. The number of anilines is 1. The van der Waals surface area contributed by atoms with Crippen LogP contribution in [-0.4, -0.2) is 7.11 Å². The van der Waals surface area contributed by atoms with Crippen LogP contribution in [0.3, 0.4) is 0 Å². The Morgan fingerprint density at radius 1 is 1.35 bits per heavy atom. The van der Waals surface area contributed by atoms with Gasteiger partial charge in [0.25, 0.3) is 0 Å². The molecule has 0 atom stereocenters. The Balaban J connectivity index is 2.11. The fraction of sp³-hybridized carbons (Fsp3) is 0.231. The Labute approximate surface area is 104 Å². The molecule has 0 saturated heterocycles. The minimum atomic E-state index is -0.264. The minimum absolute atomic E-state index is 0.264. The van der Waals surface area contributed by atoms with Crippen LogP contribution in [0.4, 0.5) is 10.1 Å². The number of ether oxygens (including phenoxy) is 1. The molecule has 90 valence electrons. The molecule has 0 bridgehead atoms. The van der Waals surface area contributed by atoms with Crippen molar-refractivity contribution in [3.63, 3.8) is 0 Å². The molecular weight excluding hydrogens is 237 g/mol. The highest BCUT2D eigenvalue weighted by Gasteiger charge is 2.05. The lowest BCUT2D eigenvalue weighted by Crippen LogP contribution is -2.01. The molecule has 1 aromatic carbocycles. The SMILES string of the molecule is COc1ccc(F)c(NCc2sccc2C)c1. The van der Waals surface area contributed by atoms with Crippen molar-refractivity contribution < 1.29 is 9.13 Å². The van der Waals surface area contributed by atoms with E-state index >= 15 is 0 Å². The summed E-state index contributed by atoms with van der Waals surface area (Å²) in [6.07, 6.45) is 0. The molecule has 0 amide bonds. The van der Waals surface area contributed by atoms with E-state index in [0.29, 0.717) is 18.0 Å². The van der Waals surface area contributed by atoms with Gasteiger partial charge in [-0.1, -0.05) is 0 Å². The number of hydrogen-bond donors (Lipinski definition) is 1. The zero-order valence-electron chi connectivity index (χ0n) is 9.79. The van der Waals surface area contributed by atoms with Crippen LogP contribution in [0.15, 0.2) is 29.6 Å². The predicted octanol–water partition coefficient (Wildman–Crippen LogP) is 3.82. The van der Waals surface area contributed by atoms with Crippen LogP contribution >= 0.6 is 11.3 Å². The first-order valence-electron chi connectivity index (χ1n) is 5.31. The quantitative estimate of drug-likeness (QED) is 0.892. The molecule has 1 aromatic heterocycles. The molecule has 4 heteroatoms. The van der Waals surface area contributed by atoms with Gasteiger partial charge in [0.2, 0.25) is 0 Å². The molecule has 0 radical (unpaired) electrons. The van der Waals surface area contributed by atoms with Crippen LogP contribution in [0.2, 0.25) is 0 Å². The lowest BCUT2D eigenvalue weighted by atomic mass is 10.2. The smallest absolute Gasteiger partial charge is 0.146 e. The summed E-state index contributed by atoms with van der Waals surface area (Å²) in [5.74, 6) is 0.386. The second-order valence-electron chi connectivity index (χ2n) is 3.73. The Bertz CT molecular complexity index is 510. The lowest BCUT2D eigenvalue weighted by Gasteiger charge is -2.09. The number of rotatable bonds is 4. The van der Waals surface area contributed by atoms with E-state index in [4.69, 9.17) is 4.74 Å². The van der Waals surface area contributed by atoms with E-state index in [9.17, 15) is 4.39 Å². The summed E-state index contributed by atoms with van der Waals surface area (Å²) in [5.41, 5.74) is 1.70. The number of halogens is 1. The maximum atomic E-state index is 13.5. The van der Waals surface area contributed by atoms with Crippen molar-refractivity contribution in [1.29, 1.82) is 0 Å². The van der Waals surface area contributed by atoms with Crippen molar-refractivity contribution in [2.75, 3.05) is 12.4 Å². The highest BCUT2D eigenvalue weighted by atomic mass is 32.1. The third-order valence-electron chi connectivity index (χ3n) is 2.58.